The van der Waals surface area contributed by atoms with Crippen molar-refractivity contribution < 1.29 is 19.7 Å². The molecule has 0 saturated heterocycles. The van der Waals surface area contributed by atoms with E-state index in [-0.39, 0.29) is 13.2 Å². The summed E-state index contributed by atoms with van der Waals surface area (Å²) >= 11 is 0. The van der Waals surface area contributed by atoms with Gasteiger partial charge in [0.2, 0.25) is 0 Å². The van der Waals surface area contributed by atoms with Crippen LogP contribution >= 0.6 is 0 Å². The van der Waals surface area contributed by atoms with Crippen molar-refractivity contribution in [1.29, 1.82) is 0 Å². The Morgan fingerprint density at radius 2 is 2.00 bits per heavy atom. The van der Waals surface area contributed by atoms with Crippen LogP contribution < -0.4 is 0 Å². The molecule has 0 radical (unpaired) electrons. The van der Waals surface area contributed by atoms with Crippen molar-refractivity contribution in [1.82, 2.24) is 0 Å². The fraction of sp³-hybridized carbons (Fsp3) is 0.462. The number of aryl methyl sites for hydroxylation is 1. The fourth-order valence-corrected chi connectivity index (χ4v) is 1.51. The summed E-state index contributed by atoms with van der Waals surface area (Å²) in [4.78, 5) is 11.3. The third kappa shape index (κ3) is 4.17. The van der Waals surface area contributed by atoms with E-state index >= 15 is 0 Å². The van der Waals surface area contributed by atoms with Gasteiger partial charge in [-0.05, 0) is 30.9 Å². The predicted molar refractivity (Wildman–Crippen MR) is 63.4 cm³/mol. The van der Waals surface area contributed by atoms with Crippen LogP contribution in [0.5, 0.6) is 0 Å². The molecular formula is C13H18O4. The molecule has 4 nitrogen and oxygen atoms in total. The predicted octanol–water partition coefficient (Wildman–Crippen LogP) is 1.21. The van der Waals surface area contributed by atoms with Gasteiger partial charge in [0.25, 0.3) is 0 Å². The summed E-state index contributed by atoms with van der Waals surface area (Å²) in [6.07, 6.45) is 0.272. The molecule has 17 heavy (non-hydrogen) atoms. The van der Waals surface area contributed by atoms with Crippen LogP contribution in [0.4, 0.5) is 0 Å². The first kappa shape index (κ1) is 13.7. The third-order valence-corrected chi connectivity index (χ3v) is 2.43. The summed E-state index contributed by atoms with van der Waals surface area (Å²) < 4.78 is 4.73. The Balaban J connectivity index is 2.63. The molecule has 0 saturated carbocycles. The van der Waals surface area contributed by atoms with Gasteiger partial charge in [-0.3, -0.25) is 0 Å². The molecule has 1 atom stereocenters. The smallest absolute Gasteiger partial charge is 0.339 e. The maximum absolute atomic E-state index is 11.3. The van der Waals surface area contributed by atoms with Crippen LogP contribution in [0, 0.1) is 0 Å². The highest BCUT2D eigenvalue weighted by atomic mass is 16.5. The number of carbonyl (C=O) groups is 1. The van der Waals surface area contributed by atoms with E-state index in [0.717, 1.165) is 12.0 Å². The van der Waals surface area contributed by atoms with Crippen LogP contribution in [0.2, 0.25) is 0 Å². The molecule has 0 amide bonds. The molecule has 0 aliphatic heterocycles. The van der Waals surface area contributed by atoms with Crippen LogP contribution in [0.15, 0.2) is 24.3 Å². The molecule has 0 bridgehead atoms. The number of carbonyl (C=O) groups excluding carboxylic acids is 1. The van der Waals surface area contributed by atoms with Gasteiger partial charge in [-0.2, -0.15) is 0 Å². The van der Waals surface area contributed by atoms with Gasteiger partial charge < -0.3 is 14.9 Å². The van der Waals surface area contributed by atoms with Crippen molar-refractivity contribution in [3.05, 3.63) is 35.4 Å². The maximum Gasteiger partial charge on any atom is 0.339 e. The van der Waals surface area contributed by atoms with Crippen LogP contribution in [0.1, 0.15) is 30.6 Å². The van der Waals surface area contributed by atoms with E-state index in [0.29, 0.717) is 12.0 Å². The quantitative estimate of drug-likeness (QED) is 0.731. The van der Waals surface area contributed by atoms with Crippen molar-refractivity contribution in [2.24, 2.45) is 0 Å². The first-order valence-electron chi connectivity index (χ1n) is 5.73. The van der Waals surface area contributed by atoms with Gasteiger partial charge in [-0.25, -0.2) is 4.79 Å². The van der Waals surface area contributed by atoms with Gasteiger partial charge in [-0.15, -0.1) is 0 Å². The molecule has 0 fully saturated rings. The van der Waals surface area contributed by atoms with Crippen molar-refractivity contribution in [3.8, 4) is 0 Å². The van der Waals surface area contributed by atoms with Crippen LogP contribution in [-0.2, 0) is 16.0 Å². The molecule has 1 aromatic rings. The normalized spacial score (nSPS) is 12.2. The standard InChI is InChI=1S/C13H18O4/c1-2-17-13(16)12(15)11-7-5-10(6-8-11)4-3-9-14/h5-8,12,14-15H,2-4,9H2,1H3. The highest BCUT2D eigenvalue weighted by Gasteiger charge is 2.17. The highest BCUT2D eigenvalue weighted by Crippen LogP contribution is 2.16. The molecule has 0 aromatic heterocycles. The number of aliphatic hydroxyl groups excluding tert-OH is 2. The molecule has 4 heteroatoms. The minimum absolute atomic E-state index is 0.160. The van der Waals surface area contributed by atoms with Crippen LogP contribution in [0.3, 0.4) is 0 Å². The monoisotopic (exact) mass is 238 g/mol. The van der Waals surface area contributed by atoms with Crippen molar-refractivity contribution in [2.75, 3.05) is 13.2 Å². The van der Waals surface area contributed by atoms with Gasteiger partial charge in [-0.1, -0.05) is 24.3 Å². The number of aliphatic hydroxyl groups is 2. The highest BCUT2D eigenvalue weighted by molar-refractivity contribution is 5.76. The number of hydrogen-bond donors (Lipinski definition) is 2. The van der Waals surface area contributed by atoms with Crippen molar-refractivity contribution >= 4 is 5.97 Å². The second kappa shape index (κ2) is 7.04. The van der Waals surface area contributed by atoms with Crippen LogP contribution in [0.25, 0.3) is 0 Å². The summed E-state index contributed by atoms with van der Waals surface area (Å²) in [5, 5.41) is 18.4. The molecule has 1 aromatic carbocycles. The molecule has 94 valence electrons. The Kier molecular flexibility index (Phi) is 5.66. The van der Waals surface area contributed by atoms with E-state index in [2.05, 4.69) is 0 Å². The summed E-state index contributed by atoms with van der Waals surface area (Å²) in [5.74, 6) is -0.629. The Morgan fingerprint density at radius 3 is 2.53 bits per heavy atom. The van der Waals surface area contributed by atoms with E-state index in [1.807, 2.05) is 12.1 Å². The van der Waals surface area contributed by atoms with Gasteiger partial charge >= 0.3 is 5.97 Å². The second-order valence-corrected chi connectivity index (χ2v) is 3.72. The number of rotatable bonds is 6. The maximum atomic E-state index is 11.3. The molecule has 0 aliphatic carbocycles. The lowest BCUT2D eigenvalue weighted by atomic mass is 10.0. The SMILES string of the molecule is CCOC(=O)C(O)c1ccc(CCCO)cc1. The fourth-order valence-electron chi connectivity index (χ4n) is 1.51. The Hall–Kier alpha value is -1.39. The molecular weight excluding hydrogens is 220 g/mol. The van der Waals surface area contributed by atoms with Crippen molar-refractivity contribution in [2.45, 2.75) is 25.9 Å². The van der Waals surface area contributed by atoms with Gasteiger partial charge in [0.1, 0.15) is 0 Å². The van der Waals surface area contributed by atoms with E-state index in [1.165, 1.54) is 0 Å². The molecule has 0 spiro atoms. The van der Waals surface area contributed by atoms with Gasteiger partial charge in [0.05, 0.1) is 6.61 Å². The summed E-state index contributed by atoms with van der Waals surface area (Å²) in [7, 11) is 0. The van der Waals surface area contributed by atoms with Gasteiger partial charge in [0, 0.05) is 6.61 Å². The van der Waals surface area contributed by atoms with E-state index in [4.69, 9.17) is 9.84 Å². The molecule has 1 rings (SSSR count). The summed E-state index contributed by atoms with van der Waals surface area (Å²) in [5.41, 5.74) is 1.59. The molecule has 1 unspecified atom stereocenters. The topological polar surface area (TPSA) is 66.8 Å². The zero-order valence-corrected chi connectivity index (χ0v) is 9.93. The number of ether oxygens (including phenoxy) is 1. The average Bonchev–Trinajstić information content (AvgIpc) is 2.36. The minimum Gasteiger partial charge on any atom is -0.464 e. The molecule has 0 heterocycles. The zero-order valence-electron chi connectivity index (χ0n) is 9.93. The van der Waals surface area contributed by atoms with Crippen molar-refractivity contribution in [3.63, 3.8) is 0 Å². The number of hydrogen-bond acceptors (Lipinski definition) is 4. The lowest BCUT2D eigenvalue weighted by molar-refractivity contribution is -0.153. The zero-order chi connectivity index (χ0) is 12.7. The van der Waals surface area contributed by atoms with E-state index in [9.17, 15) is 9.90 Å². The van der Waals surface area contributed by atoms with Crippen LogP contribution in [-0.4, -0.2) is 29.4 Å². The molecule has 2 N–H and O–H groups in total. The Morgan fingerprint density at radius 1 is 1.35 bits per heavy atom. The summed E-state index contributed by atoms with van der Waals surface area (Å²) in [6, 6.07) is 7.09. The molecule has 0 aliphatic rings. The number of benzene rings is 1. The average molecular weight is 238 g/mol. The lowest BCUT2D eigenvalue weighted by Gasteiger charge is -2.10. The Bertz CT molecular complexity index is 345. The lowest BCUT2D eigenvalue weighted by Crippen LogP contribution is -2.15. The first-order chi connectivity index (χ1) is 8.19. The first-order valence-corrected chi connectivity index (χ1v) is 5.73. The third-order valence-electron chi connectivity index (χ3n) is 2.43. The second-order valence-electron chi connectivity index (χ2n) is 3.72. The minimum atomic E-state index is -1.22. The van der Waals surface area contributed by atoms with Gasteiger partial charge in [0.15, 0.2) is 6.10 Å². The van der Waals surface area contributed by atoms with E-state index in [1.54, 1.807) is 19.1 Å². The Labute approximate surface area is 101 Å². The summed E-state index contributed by atoms with van der Waals surface area (Å²) in [6.45, 7) is 2.11. The number of esters is 1. The largest absolute Gasteiger partial charge is 0.464 e. The van der Waals surface area contributed by atoms with E-state index < -0.39 is 12.1 Å².